The lowest BCUT2D eigenvalue weighted by molar-refractivity contribution is 0.101. The van der Waals surface area contributed by atoms with Crippen molar-refractivity contribution >= 4 is 27.5 Å². The minimum atomic E-state index is -0.130. The quantitative estimate of drug-likeness (QED) is 0.716. The van der Waals surface area contributed by atoms with E-state index in [9.17, 15) is 4.79 Å². The van der Waals surface area contributed by atoms with Crippen LogP contribution >= 0.6 is 15.9 Å². The first kappa shape index (κ1) is 16.1. The number of nitrogens with zero attached hydrogens (tertiary/aromatic N) is 3. The zero-order valence-electron chi connectivity index (χ0n) is 14.0. The van der Waals surface area contributed by atoms with E-state index in [1.807, 2.05) is 43.6 Å². The van der Waals surface area contributed by atoms with E-state index in [4.69, 9.17) is 4.98 Å². The fourth-order valence-corrected chi connectivity index (χ4v) is 3.78. The molecule has 0 saturated carbocycles. The predicted molar refractivity (Wildman–Crippen MR) is 102 cm³/mol. The number of hydrogen-bond donors (Lipinski definition) is 1. The summed E-state index contributed by atoms with van der Waals surface area (Å²) in [6.45, 7) is 1.04. The maximum Gasteiger partial charge on any atom is 0.272 e. The van der Waals surface area contributed by atoms with Gasteiger partial charge in [-0.15, -0.1) is 0 Å². The number of halogens is 1. The van der Waals surface area contributed by atoms with Crippen molar-refractivity contribution in [2.75, 3.05) is 5.32 Å². The number of carbonyl (C=O) groups is 1. The monoisotopic (exact) mass is 398 g/mol. The van der Waals surface area contributed by atoms with E-state index in [0.29, 0.717) is 5.69 Å². The summed E-state index contributed by atoms with van der Waals surface area (Å²) in [5.41, 5.74) is 3.36. The molecule has 0 atom stereocenters. The number of carbonyl (C=O) groups excluding carboxylic acids is 1. The molecule has 0 aliphatic carbocycles. The first-order valence-corrected chi connectivity index (χ1v) is 9.19. The van der Waals surface area contributed by atoms with Crippen LogP contribution in [0.2, 0.25) is 0 Å². The van der Waals surface area contributed by atoms with E-state index < -0.39 is 0 Å². The molecular formula is C19H19BrN4O. The highest BCUT2D eigenvalue weighted by molar-refractivity contribution is 9.10. The van der Waals surface area contributed by atoms with Crippen LogP contribution in [-0.4, -0.2) is 20.0 Å². The molecule has 0 saturated heterocycles. The number of imidazole rings is 1. The molecule has 1 aliphatic rings. The molecule has 0 unspecified atom stereocenters. The van der Waals surface area contributed by atoms with Crippen LogP contribution in [0.3, 0.4) is 0 Å². The van der Waals surface area contributed by atoms with Crippen LogP contribution in [0.15, 0.2) is 47.2 Å². The molecule has 4 rings (SSSR count). The van der Waals surface area contributed by atoms with Crippen LogP contribution in [0.1, 0.15) is 29.2 Å². The zero-order chi connectivity index (χ0) is 17.4. The van der Waals surface area contributed by atoms with Gasteiger partial charge in [0.1, 0.15) is 11.5 Å². The minimum Gasteiger partial charge on any atom is -0.345 e. The molecule has 1 amide bonds. The summed E-state index contributed by atoms with van der Waals surface area (Å²) in [6.07, 6.45) is 7.44. The Balaban J connectivity index is 1.58. The van der Waals surface area contributed by atoms with E-state index in [1.54, 1.807) is 4.57 Å². The fraction of sp³-hybridized carbons (Fsp3) is 0.263. The Kier molecular flexibility index (Phi) is 4.21. The van der Waals surface area contributed by atoms with Gasteiger partial charge in [-0.05, 0) is 47.0 Å². The summed E-state index contributed by atoms with van der Waals surface area (Å²) in [5, 5.41) is 2.97. The first-order valence-electron chi connectivity index (χ1n) is 8.40. The molecule has 3 heterocycles. The highest BCUT2D eigenvalue weighted by Crippen LogP contribution is 2.25. The van der Waals surface area contributed by atoms with E-state index in [2.05, 4.69) is 32.0 Å². The second-order valence-corrected chi connectivity index (χ2v) is 7.30. The van der Waals surface area contributed by atoms with Gasteiger partial charge in [-0.25, -0.2) is 4.98 Å². The molecule has 2 aromatic heterocycles. The molecule has 128 valence electrons. The maximum atomic E-state index is 12.5. The number of aryl methyl sites for hydroxylation is 3. The van der Waals surface area contributed by atoms with Crippen LogP contribution in [0.25, 0.3) is 11.3 Å². The number of anilines is 1. The lowest BCUT2D eigenvalue weighted by Crippen LogP contribution is -2.15. The lowest BCUT2D eigenvalue weighted by atomic mass is 10.1. The largest absolute Gasteiger partial charge is 0.345 e. The highest BCUT2D eigenvalue weighted by Gasteiger charge is 2.15. The second-order valence-electron chi connectivity index (χ2n) is 6.38. The van der Waals surface area contributed by atoms with Gasteiger partial charge in [-0.1, -0.05) is 12.1 Å². The Bertz CT molecular complexity index is 917. The molecule has 1 aliphatic heterocycles. The Morgan fingerprint density at radius 1 is 1.24 bits per heavy atom. The molecule has 1 N–H and O–H groups in total. The van der Waals surface area contributed by atoms with Crippen LogP contribution in [0.5, 0.6) is 0 Å². The SMILES string of the molecule is Cn1cc(Br)cc1C(=O)Nc1cccc(-c2cn3c(n2)CCCC3)c1. The number of benzene rings is 1. The van der Waals surface area contributed by atoms with Crippen molar-refractivity contribution in [2.45, 2.75) is 25.8 Å². The fourth-order valence-electron chi connectivity index (χ4n) is 3.25. The summed E-state index contributed by atoms with van der Waals surface area (Å²) in [6, 6.07) is 9.66. The number of rotatable bonds is 3. The van der Waals surface area contributed by atoms with Crippen LogP contribution < -0.4 is 5.32 Å². The van der Waals surface area contributed by atoms with E-state index in [0.717, 1.165) is 40.2 Å². The van der Waals surface area contributed by atoms with Gasteiger partial charge >= 0.3 is 0 Å². The lowest BCUT2D eigenvalue weighted by Gasteiger charge is -2.11. The molecule has 3 aromatic rings. The normalized spacial score (nSPS) is 13.5. The van der Waals surface area contributed by atoms with Gasteiger partial charge in [0.25, 0.3) is 5.91 Å². The van der Waals surface area contributed by atoms with Gasteiger partial charge < -0.3 is 14.5 Å². The van der Waals surface area contributed by atoms with Crippen molar-refractivity contribution in [3.8, 4) is 11.3 Å². The predicted octanol–water partition coefficient (Wildman–Crippen LogP) is 4.24. The van der Waals surface area contributed by atoms with Crippen LogP contribution in [0.4, 0.5) is 5.69 Å². The maximum absolute atomic E-state index is 12.5. The summed E-state index contributed by atoms with van der Waals surface area (Å²) >= 11 is 3.40. The smallest absolute Gasteiger partial charge is 0.272 e. The van der Waals surface area contributed by atoms with Crippen molar-refractivity contribution < 1.29 is 4.79 Å². The Morgan fingerprint density at radius 2 is 2.12 bits per heavy atom. The zero-order valence-corrected chi connectivity index (χ0v) is 15.6. The topological polar surface area (TPSA) is 51.9 Å². The molecule has 25 heavy (non-hydrogen) atoms. The molecule has 0 bridgehead atoms. The average Bonchev–Trinajstić information content (AvgIpc) is 3.18. The Morgan fingerprint density at radius 3 is 2.88 bits per heavy atom. The molecule has 5 nitrogen and oxygen atoms in total. The molecule has 0 spiro atoms. The molecule has 6 heteroatoms. The third-order valence-corrected chi connectivity index (χ3v) is 4.96. The van der Waals surface area contributed by atoms with Crippen molar-refractivity contribution in [3.05, 3.63) is 58.7 Å². The van der Waals surface area contributed by atoms with Crippen LogP contribution in [0, 0.1) is 0 Å². The van der Waals surface area contributed by atoms with Crippen molar-refractivity contribution in [1.82, 2.24) is 14.1 Å². The second kappa shape index (κ2) is 6.52. The summed E-state index contributed by atoms with van der Waals surface area (Å²) < 4.78 is 4.93. The van der Waals surface area contributed by atoms with Crippen molar-refractivity contribution in [3.63, 3.8) is 0 Å². The number of aromatic nitrogens is 3. The average molecular weight is 399 g/mol. The van der Waals surface area contributed by atoms with Crippen LogP contribution in [-0.2, 0) is 20.0 Å². The Hall–Kier alpha value is -2.34. The number of hydrogen-bond acceptors (Lipinski definition) is 2. The van der Waals surface area contributed by atoms with Gasteiger partial charge in [0.05, 0.1) is 5.69 Å². The highest BCUT2D eigenvalue weighted by atomic mass is 79.9. The molecule has 1 aromatic carbocycles. The minimum absolute atomic E-state index is 0.130. The van der Waals surface area contributed by atoms with Crippen molar-refractivity contribution in [1.29, 1.82) is 0 Å². The van der Waals surface area contributed by atoms with Gasteiger partial charge in [-0.2, -0.15) is 0 Å². The van der Waals surface area contributed by atoms with Gasteiger partial charge in [0.2, 0.25) is 0 Å². The standard InChI is InChI=1S/C19H19BrN4O/c1-23-11-14(20)10-17(23)19(25)21-15-6-4-5-13(9-15)16-12-24-8-3-2-7-18(24)22-16/h4-6,9-12H,2-3,7-8H2,1H3,(H,21,25). The third-order valence-electron chi connectivity index (χ3n) is 4.53. The summed E-state index contributed by atoms with van der Waals surface area (Å²) in [7, 11) is 1.85. The van der Waals surface area contributed by atoms with E-state index in [1.165, 1.54) is 12.8 Å². The third kappa shape index (κ3) is 3.26. The Labute approximate surface area is 154 Å². The van der Waals surface area contributed by atoms with Gasteiger partial charge in [-0.3, -0.25) is 4.79 Å². The summed E-state index contributed by atoms with van der Waals surface area (Å²) in [4.78, 5) is 17.2. The number of fused-ring (bicyclic) bond motifs is 1. The first-order chi connectivity index (χ1) is 12.1. The van der Waals surface area contributed by atoms with E-state index >= 15 is 0 Å². The van der Waals surface area contributed by atoms with Gasteiger partial charge in [0, 0.05) is 48.1 Å². The summed E-state index contributed by atoms with van der Waals surface area (Å²) in [5.74, 6) is 1.03. The van der Waals surface area contributed by atoms with Crippen molar-refractivity contribution in [2.24, 2.45) is 7.05 Å². The number of nitrogens with one attached hydrogen (secondary N) is 1. The molecule has 0 radical (unpaired) electrons. The van der Waals surface area contributed by atoms with Gasteiger partial charge in [0.15, 0.2) is 0 Å². The number of amides is 1. The van der Waals surface area contributed by atoms with E-state index in [-0.39, 0.29) is 5.91 Å². The molecular weight excluding hydrogens is 380 g/mol. The molecule has 0 fully saturated rings.